The maximum Gasteiger partial charge on any atom is 0.279 e. The van der Waals surface area contributed by atoms with Gasteiger partial charge in [0.05, 0.1) is 0 Å². The SMILES string of the molecule is CCn1nc(-c2nc(-c3cnc(O)c(C)c3)no2)c2c1CC(C)(C)CC2. The van der Waals surface area contributed by atoms with Crippen LogP contribution in [0.4, 0.5) is 0 Å². The first-order valence-corrected chi connectivity index (χ1v) is 8.96. The van der Waals surface area contributed by atoms with Crippen molar-refractivity contribution >= 4 is 0 Å². The number of pyridine rings is 1. The normalized spacial score (nSPS) is 15.8. The lowest BCUT2D eigenvalue weighted by Gasteiger charge is -2.30. The predicted molar refractivity (Wildman–Crippen MR) is 96.6 cm³/mol. The summed E-state index contributed by atoms with van der Waals surface area (Å²) in [5.74, 6) is 0.899. The monoisotopic (exact) mass is 353 g/mol. The maximum absolute atomic E-state index is 9.59. The molecule has 0 bridgehead atoms. The summed E-state index contributed by atoms with van der Waals surface area (Å²) in [7, 11) is 0. The molecule has 3 heterocycles. The zero-order chi connectivity index (χ0) is 18.5. The fourth-order valence-electron chi connectivity index (χ4n) is 3.56. The molecule has 26 heavy (non-hydrogen) atoms. The van der Waals surface area contributed by atoms with E-state index in [-0.39, 0.29) is 11.3 Å². The van der Waals surface area contributed by atoms with Crippen molar-refractivity contribution < 1.29 is 9.63 Å². The number of aryl methyl sites for hydroxylation is 2. The van der Waals surface area contributed by atoms with Crippen LogP contribution in [0.25, 0.3) is 23.0 Å². The molecule has 7 nitrogen and oxygen atoms in total. The summed E-state index contributed by atoms with van der Waals surface area (Å²) in [5, 5.41) is 18.4. The van der Waals surface area contributed by atoms with Gasteiger partial charge in [-0.15, -0.1) is 0 Å². The Morgan fingerprint density at radius 2 is 2.15 bits per heavy atom. The van der Waals surface area contributed by atoms with Crippen LogP contribution in [0.2, 0.25) is 0 Å². The molecule has 0 saturated heterocycles. The summed E-state index contributed by atoms with van der Waals surface area (Å²) < 4.78 is 7.58. The molecule has 7 heteroatoms. The van der Waals surface area contributed by atoms with Gasteiger partial charge in [-0.1, -0.05) is 19.0 Å². The minimum Gasteiger partial charge on any atom is -0.493 e. The van der Waals surface area contributed by atoms with Crippen LogP contribution in [0.1, 0.15) is 44.0 Å². The van der Waals surface area contributed by atoms with Gasteiger partial charge in [-0.2, -0.15) is 10.1 Å². The third kappa shape index (κ3) is 2.77. The van der Waals surface area contributed by atoms with Crippen LogP contribution in [0.5, 0.6) is 5.88 Å². The Labute approximate surface area is 152 Å². The summed E-state index contributed by atoms with van der Waals surface area (Å²) in [6.07, 6.45) is 4.63. The molecule has 0 aromatic carbocycles. The topological polar surface area (TPSA) is 89.9 Å². The van der Waals surface area contributed by atoms with E-state index in [0.29, 0.717) is 22.8 Å². The van der Waals surface area contributed by atoms with Crippen molar-refractivity contribution in [3.63, 3.8) is 0 Å². The van der Waals surface area contributed by atoms with E-state index in [0.717, 1.165) is 31.5 Å². The zero-order valence-corrected chi connectivity index (χ0v) is 15.6. The van der Waals surface area contributed by atoms with E-state index in [2.05, 4.69) is 40.6 Å². The van der Waals surface area contributed by atoms with E-state index in [4.69, 9.17) is 9.62 Å². The lowest BCUT2D eigenvalue weighted by Crippen LogP contribution is -2.24. The van der Waals surface area contributed by atoms with Crippen molar-refractivity contribution in [2.24, 2.45) is 5.41 Å². The van der Waals surface area contributed by atoms with Crippen molar-refractivity contribution in [1.29, 1.82) is 0 Å². The van der Waals surface area contributed by atoms with Gasteiger partial charge in [-0.3, -0.25) is 4.68 Å². The molecule has 136 valence electrons. The molecular formula is C19H23N5O2. The number of hydrogen-bond acceptors (Lipinski definition) is 6. The van der Waals surface area contributed by atoms with Crippen molar-refractivity contribution in [2.45, 2.75) is 53.5 Å². The highest BCUT2D eigenvalue weighted by atomic mass is 16.5. The lowest BCUT2D eigenvalue weighted by atomic mass is 9.76. The predicted octanol–water partition coefficient (Wildman–Crippen LogP) is 3.54. The molecule has 0 radical (unpaired) electrons. The van der Waals surface area contributed by atoms with Gasteiger partial charge in [-0.25, -0.2) is 4.98 Å². The summed E-state index contributed by atoms with van der Waals surface area (Å²) in [6.45, 7) is 9.30. The summed E-state index contributed by atoms with van der Waals surface area (Å²) in [5.41, 5.74) is 4.96. The summed E-state index contributed by atoms with van der Waals surface area (Å²) >= 11 is 0. The number of hydrogen-bond donors (Lipinski definition) is 1. The molecule has 0 amide bonds. The summed E-state index contributed by atoms with van der Waals surface area (Å²) in [4.78, 5) is 8.49. The molecule has 0 fully saturated rings. The van der Waals surface area contributed by atoms with Crippen LogP contribution in [-0.2, 0) is 19.4 Å². The largest absolute Gasteiger partial charge is 0.493 e. The fourth-order valence-corrected chi connectivity index (χ4v) is 3.56. The highest BCUT2D eigenvalue weighted by Crippen LogP contribution is 2.39. The Kier molecular flexibility index (Phi) is 3.82. The third-order valence-corrected chi connectivity index (χ3v) is 5.10. The van der Waals surface area contributed by atoms with Crippen LogP contribution < -0.4 is 0 Å². The van der Waals surface area contributed by atoms with Crippen LogP contribution in [-0.4, -0.2) is 30.0 Å². The number of rotatable bonds is 3. The van der Waals surface area contributed by atoms with Gasteiger partial charge in [0.25, 0.3) is 5.89 Å². The van der Waals surface area contributed by atoms with Gasteiger partial charge in [0.1, 0.15) is 0 Å². The first-order valence-electron chi connectivity index (χ1n) is 8.96. The second-order valence-electron chi connectivity index (χ2n) is 7.72. The molecular weight excluding hydrogens is 330 g/mol. The molecule has 3 aromatic heterocycles. The standard InChI is InChI=1S/C19H23N5O2/c1-5-24-14-9-19(3,4)7-6-13(14)15(22-24)18-21-16(23-26-18)12-8-11(2)17(25)20-10-12/h8,10H,5-7,9H2,1-4H3,(H,20,25). The minimum absolute atomic E-state index is 0.0100. The highest BCUT2D eigenvalue weighted by Gasteiger charge is 2.32. The van der Waals surface area contributed by atoms with Crippen LogP contribution >= 0.6 is 0 Å². The van der Waals surface area contributed by atoms with Crippen molar-refractivity contribution in [2.75, 3.05) is 0 Å². The Morgan fingerprint density at radius 1 is 1.35 bits per heavy atom. The van der Waals surface area contributed by atoms with Gasteiger partial charge < -0.3 is 9.63 Å². The van der Waals surface area contributed by atoms with Gasteiger partial charge in [0, 0.05) is 35.1 Å². The first kappa shape index (κ1) is 16.8. The van der Waals surface area contributed by atoms with Crippen molar-refractivity contribution in [3.8, 4) is 28.9 Å². The Bertz CT molecular complexity index is 970. The molecule has 0 saturated carbocycles. The van der Waals surface area contributed by atoms with Crippen molar-refractivity contribution in [3.05, 3.63) is 29.1 Å². The van der Waals surface area contributed by atoms with E-state index in [1.54, 1.807) is 19.2 Å². The molecule has 1 N–H and O–H groups in total. The molecule has 0 spiro atoms. The van der Waals surface area contributed by atoms with E-state index in [1.165, 1.54) is 11.3 Å². The minimum atomic E-state index is 0.0100. The smallest absolute Gasteiger partial charge is 0.279 e. The van der Waals surface area contributed by atoms with Crippen LogP contribution in [0, 0.1) is 12.3 Å². The fraction of sp³-hybridized carbons (Fsp3) is 0.474. The molecule has 4 rings (SSSR count). The van der Waals surface area contributed by atoms with E-state index in [1.807, 2.05) is 0 Å². The highest BCUT2D eigenvalue weighted by molar-refractivity contribution is 5.61. The second kappa shape index (κ2) is 5.93. The molecule has 0 aliphatic heterocycles. The van der Waals surface area contributed by atoms with Gasteiger partial charge in [-0.05, 0) is 44.6 Å². The van der Waals surface area contributed by atoms with Crippen molar-refractivity contribution in [1.82, 2.24) is 24.9 Å². The van der Waals surface area contributed by atoms with Crippen LogP contribution in [0.15, 0.2) is 16.8 Å². The average molecular weight is 353 g/mol. The maximum atomic E-state index is 9.59. The number of fused-ring (bicyclic) bond motifs is 1. The Morgan fingerprint density at radius 3 is 2.88 bits per heavy atom. The molecule has 0 atom stereocenters. The summed E-state index contributed by atoms with van der Waals surface area (Å²) in [6, 6.07) is 1.79. The van der Waals surface area contributed by atoms with E-state index in [9.17, 15) is 5.11 Å². The molecule has 0 unspecified atom stereocenters. The van der Waals surface area contributed by atoms with Gasteiger partial charge in [0.2, 0.25) is 11.7 Å². The molecule has 1 aliphatic carbocycles. The van der Waals surface area contributed by atoms with E-state index >= 15 is 0 Å². The quantitative estimate of drug-likeness (QED) is 0.774. The third-order valence-electron chi connectivity index (χ3n) is 5.10. The van der Waals surface area contributed by atoms with Gasteiger partial charge >= 0.3 is 0 Å². The first-order chi connectivity index (χ1) is 12.4. The zero-order valence-electron chi connectivity index (χ0n) is 15.6. The van der Waals surface area contributed by atoms with Crippen LogP contribution in [0.3, 0.4) is 0 Å². The molecule has 1 aliphatic rings. The number of aromatic hydroxyl groups is 1. The Balaban J connectivity index is 1.74. The Hall–Kier alpha value is -2.70. The molecule has 3 aromatic rings. The average Bonchev–Trinajstić information content (AvgIpc) is 3.20. The lowest BCUT2D eigenvalue weighted by molar-refractivity contribution is 0.304. The second-order valence-corrected chi connectivity index (χ2v) is 7.72. The van der Waals surface area contributed by atoms with Gasteiger partial charge in [0.15, 0.2) is 5.69 Å². The number of nitrogens with zero attached hydrogens (tertiary/aromatic N) is 5. The van der Waals surface area contributed by atoms with E-state index < -0.39 is 0 Å². The number of aromatic nitrogens is 5.